The smallest absolute Gasteiger partial charge is 0.163 e. The Bertz CT molecular complexity index is 371. The third-order valence-electron chi connectivity index (χ3n) is 2.69. The number of pyridine rings is 1. The largest absolute Gasteiger partial charge is 0.380 e. The predicted octanol–water partition coefficient (Wildman–Crippen LogP) is 1.51. The van der Waals surface area contributed by atoms with Gasteiger partial charge < -0.3 is 9.64 Å². The second-order valence-corrected chi connectivity index (χ2v) is 3.88. The second-order valence-electron chi connectivity index (χ2n) is 3.88. The fourth-order valence-corrected chi connectivity index (χ4v) is 1.88. The number of Topliss-reactive ketones (excluding diaryl/α,β-unsaturated/α-hetero) is 1. The van der Waals surface area contributed by atoms with Crippen LogP contribution < -0.4 is 4.90 Å². The summed E-state index contributed by atoms with van der Waals surface area (Å²) in [7, 11) is 0. The van der Waals surface area contributed by atoms with Crippen molar-refractivity contribution in [2.24, 2.45) is 0 Å². The first kappa shape index (κ1) is 11.1. The maximum atomic E-state index is 11.5. The minimum Gasteiger partial charge on any atom is -0.380 e. The molecule has 86 valence electrons. The van der Waals surface area contributed by atoms with Gasteiger partial charge in [0, 0.05) is 25.9 Å². The van der Waals surface area contributed by atoms with Crippen LogP contribution in [0.2, 0.25) is 0 Å². The third kappa shape index (κ3) is 2.39. The van der Waals surface area contributed by atoms with E-state index in [1.807, 2.05) is 6.07 Å². The molecular weight excluding hydrogens is 204 g/mol. The Morgan fingerprint density at radius 3 is 3.12 bits per heavy atom. The number of ketones is 1. The zero-order valence-electron chi connectivity index (χ0n) is 9.48. The van der Waals surface area contributed by atoms with Crippen LogP contribution in [0.1, 0.15) is 23.7 Å². The summed E-state index contributed by atoms with van der Waals surface area (Å²) >= 11 is 0. The molecule has 0 amide bonds. The van der Waals surface area contributed by atoms with Crippen molar-refractivity contribution in [3.8, 4) is 0 Å². The van der Waals surface area contributed by atoms with E-state index in [1.54, 1.807) is 19.2 Å². The first-order valence-electron chi connectivity index (χ1n) is 5.57. The van der Waals surface area contributed by atoms with E-state index in [1.165, 1.54) is 0 Å². The molecule has 1 aliphatic rings. The van der Waals surface area contributed by atoms with Gasteiger partial charge in [-0.3, -0.25) is 4.79 Å². The van der Waals surface area contributed by atoms with Crippen molar-refractivity contribution < 1.29 is 9.53 Å². The fraction of sp³-hybridized carbons (Fsp3) is 0.500. The summed E-state index contributed by atoms with van der Waals surface area (Å²) in [5.74, 6) is 0.855. The number of ether oxygens (including phenoxy) is 1. The molecule has 0 aliphatic carbocycles. The van der Waals surface area contributed by atoms with Gasteiger partial charge in [0.05, 0.1) is 12.2 Å². The highest BCUT2D eigenvalue weighted by Gasteiger charge is 2.16. The van der Waals surface area contributed by atoms with Gasteiger partial charge in [-0.1, -0.05) is 0 Å². The average Bonchev–Trinajstić information content (AvgIpc) is 2.57. The molecule has 1 saturated heterocycles. The van der Waals surface area contributed by atoms with Gasteiger partial charge in [-0.05, 0) is 25.5 Å². The molecule has 2 rings (SSSR count). The average molecular weight is 220 g/mol. The normalized spacial score (nSPS) is 16.9. The Hall–Kier alpha value is -1.42. The van der Waals surface area contributed by atoms with Crippen molar-refractivity contribution in [2.45, 2.75) is 13.3 Å². The molecule has 16 heavy (non-hydrogen) atoms. The van der Waals surface area contributed by atoms with Crippen molar-refractivity contribution in [1.29, 1.82) is 0 Å². The maximum Gasteiger partial charge on any atom is 0.163 e. The lowest BCUT2D eigenvalue weighted by molar-refractivity contribution is 0.101. The molecule has 2 heterocycles. The Balaban J connectivity index is 2.27. The first-order valence-corrected chi connectivity index (χ1v) is 5.57. The van der Waals surface area contributed by atoms with Gasteiger partial charge in [0.15, 0.2) is 5.78 Å². The summed E-state index contributed by atoms with van der Waals surface area (Å²) in [6.07, 6.45) is 2.71. The van der Waals surface area contributed by atoms with Crippen LogP contribution in [-0.4, -0.2) is 37.1 Å². The van der Waals surface area contributed by atoms with Crippen LogP contribution in [0.15, 0.2) is 18.3 Å². The van der Waals surface area contributed by atoms with Gasteiger partial charge in [0.1, 0.15) is 5.82 Å². The second kappa shape index (κ2) is 5.07. The van der Waals surface area contributed by atoms with Gasteiger partial charge in [-0.15, -0.1) is 0 Å². The van der Waals surface area contributed by atoms with Crippen molar-refractivity contribution in [2.75, 3.05) is 31.2 Å². The fourth-order valence-electron chi connectivity index (χ4n) is 1.88. The molecule has 1 aliphatic heterocycles. The molecule has 0 atom stereocenters. The predicted molar refractivity (Wildman–Crippen MR) is 61.9 cm³/mol. The lowest BCUT2D eigenvalue weighted by atomic mass is 10.1. The Morgan fingerprint density at radius 1 is 1.44 bits per heavy atom. The summed E-state index contributed by atoms with van der Waals surface area (Å²) in [6.45, 7) is 4.77. The number of nitrogens with zero attached hydrogens (tertiary/aromatic N) is 2. The maximum absolute atomic E-state index is 11.5. The Kier molecular flexibility index (Phi) is 3.51. The number of aromatic nitrogens is 1. The molecule has 0 N–H and O–H groups in total. The summed E-state index contributed by atoms with van der Waals surface area (Å²) in [4.78, 5) is 17.9. The van der Waals surface area contributed by atoms with E-state index in [0.717, 1.165) is 31.9 Å². The van der Waals surface area contributed by atoms with Crippen LogP contribution in [0, 0.1) is 0 Å². The lowest BCUT2D eigenvalue weighted by Crippen LogP contribution is -2.28. The van der Waals surface area contributed by atoms with Gasteiger partial charge in [-0.2, -0.15) is 0 Å². The number of hydrogen-bond donors (Lipinski definition) is 0. The molecule has 0 unspecified atom stereocenters. The van der Waals surface area contributed by atoms with Gasteiger partial charge in [-0.25, -0.2) is 4.98 Å². The molecule has 0 spiro atoms. The standard InChI is InChI=1S/C12H16N2O2/c1-10(15)11-4-2-5-13-12(11)14-6-3-8-16-9-7-14/h2,4-5H,3,6-9H2,1H3. The number of hydrogen-bond acceptors (Lipinski definition) is 4. The highest BCUT2D eigenvalue weighted by molar-refractivity contribution is 5.98. The number of rotatable bonds is 2. The minimum absolute atomic E-state index is 0.0632. The summed E-state index contributed by atoms with van der Waals surface area (Å²) in [5, 5.41) is 0. The highest BCUT2D eigenvalue weighted by atomic mass is 16.5. The molecule has 1 fully saturated rings. The van der Waals surface area contributed by atoms with E-state index in [9.17, 15) is 4.79 Å². The Labute approximate surface area is 95.2 Å². The van der Waals surface area contributed by atoms with Crippen LogP contribution in [0.4, 0.5) is 5.82 Å². The molecule has 0 radical (unpaired) electrons. The van der Waals surface area contributed by atoms with Gasteiger partial charge in [0.25, 0.3) is 0 Å². The number of anilines is 1. The summed E-state index contributed by atoms with van der Waals surface area (Å²) < 4.78 is 5.39. The first-order chi connectivity index (χ1) is 7.79. The molecule has 0 aromatic carbocycles. The van der Waals surface area contributed by atoms with E-state index in [-0.39, 0.29) is 5.78 Å². The van der Waals surface area contributed by atoms with Gasteiger partial charge >= 0.3 is 0 Å². The van der Waals surface area contributed by atoms with Crippen LogP contribution in [0.3, 0.4) is 0 Å². The molecular formula is C12H16N2O2. The zero-order chi connectivity index (χ0) is 11.4. The van der Waals surface area contributed by atoms with Crippen molar-refractivity contribution in [3.63, 3.8) is 0 Å². The van der Waals surface area contributed by atoms with Crippen LogP contribution in [-0.2, 0) is 4.74 Å². The monoisotopic (exact) mass is 220 g/mol. The van der Waals surface area contributed by atoms with Crippen LogP contribution >= 0.6 is 0 Å². The Morgan fingerprint density at radius 2 is 2.31 bits per heavy atom. The molecule has 0 saturated carbocycles. The van der Waals surface area contributed by atoms with E-state index >= 15 is 0 Å². The molecule has 4 nitrogen and oxygen atoms in total. The summed E-state index contributed by atoms with van der Waals surface area (Å²) in [6, 6.07) is 3.63. The summed E-state index contributed by atoms with van der Waals surface area (Å²) in [5.41, 5.74) is 0.699. The molecule has 4 heteroatoms. The van der Waals surface area contributed by atoms with Crippen LogP contribution in [0.5, 0.6) is 0 Å². The third-order valence-corrected chi connectivity index (χ3v) is 2.69. The van der Waals surface area contributed by atoms with Crippen molar-refractivity contribution >= 4 is 11.6 Å². The molecule has 1 aromatic rings. The number of carbonyl (C=O) groups is 1. The van der Waals surface area contributed by atoms with E-state index < -0.39 is 0 Å². The lowest BCUT2D eigenvalue weighted by Gasteiger charge is -2.22. The van der Waals surface area contributed by atoms with E-state index in [4.69, 9.17) is 4.74 Å². The topological polar surface area (TPSA) is 42.4 Å². The molecule has 1 aromatic heterocycles. The van der Waals surface area contributed by atoms with Crippen molar-refractivity contribution in [1.82, 2.24) is 4.98 Å². The zero-order valence-corrected chi connectivity index (χ0v) is 9.48. The number of carbonyl (C=O) groups excluding carboxylic acids is 1. The van der Waals surface area contributed by atoms with Crippen molar-refractivity contribution in [3.05, 3.63) is 23.9 Å². The van der Waals surface area contributed by atoms with E-state index in [2.05, 4.69) is 9.88 Å². The van der Waals surface area contributed by atoms with E-state index in [0.29, 0.717) is 12.2 Å². The SMILES string of the molecule is CC(=O)c1cccnc1N1CCCOCC1. The minimum atomic E-state index is 0.0632. The van der Waals surface area contributed by atoms with Crippen LogP contribution in [0.25, 0.3) is 0 Å². The molecule has 0 bridgehead atoms. The quantitative estimate of drug-likeness (QED) is 0.708. The van der Waals surface area contributed by atoms with Gasteiger partial charge in [0.2, 0.25) is 0 Å². The highest BCUT2D eigenvalue weighted by Crippen LogP contribution is 2.18.